The summed E-state index contributed by atoms with van der Waals surface area (Å²) in [6.07, 6.45) is 1.91. The lowest BCUT2D eigenvalue weighted by Gasteiger charge is -2.10. The number of anilines is 1. The summed E-state index contributed by atoms with van der Waals surface area (Å²) in [6, 6.07) is 7.93. The first kappa shape index (κ1) is 19.9. The van der Waals surface area contributed by atoms with Crippen molar-refractivity contribution in [1.29, 1.82) is 0 Å². The van der Waals surface area contributed by atoms with E-state index < -0.39 is 10.0 Å². The summed E-state index contributed by atoms with van der Waals surface area (Å²) in [5.41, 5.74) is 0.364. The molecule has 1 fully saturated rings. The third-order valence-corrected chi connectivity index (χ3v) is 7.38. The maximum atomic E-state index is 12.8. The van der Waals surface area contributed by atoms with Crippen molar-refractivity contribution < 1.29 is 17.7 Å². The number of nitrogens with one attached hydrogen (secondary N) is 1. The number of aryl methyl sites for hydroxylation is 1. The van der Waals surface area contributed by atoms with Gasteiger partial charge in [0.15, 0.2) is 0 Å². The highest BCUT2D eigenvalue weighted by Crippen LogP contribution is 2.33. The molecule has 4 rings (SSSR count). The quantitative estimate of drug-likeness (QED) is 0.631. The van der Waals surface area contributed by atoms with E-state index in [4.69, 9.17) is 16.1 Å². The molecule has 3 heterocycles. The molecular formula is C18H17ClN4O4S2. The van der Waals surface area contributed by atoms with Gasteiger partial charge < -0.3 is 9.42 Å². The first-order valence-electron chi connectivity index (χ1n) is 8.86. The van der Waals surface area contributed by atoms with Crippen molar-refractivity contribution in [2.45, 2.75) is 24.7 Å². The van der Waals surface area contributed by atoms with E-state index in [-0.39, 0.29) is 22.5 Å². The van der Waals surface area contributed by atoms with Crippen LogP contribution in [0.25, 0.3) is 10.7 Å². The molecule has 0 spiro atoms. The number of carbonyl (C=O) groups excluding carboxylic acids is 1. The van der Waals surface area contributed by atoms with Crippen molar-refractivity contribution >= 4 is 44.6 Å². The van der Waals surface area contributed by atoms with Crippen LogP contribution in [0, 0.1) is 6.92 Å². The van der Waals surface area contributed by atoms with Gasteiger partial charge in [-0.3, -0.25) is 9.52 Å². The van der Waals surface area contributed by atoms with E-state index in [1.54, 1.807) is 30.0 Å². The standard InChI is InChI=1S/C18H17ClN4O4S2/c1-11-15(29(25,26)22-13-6-4-5-12(19)9-13)10-14(28-11)16-20-17(27-21-16)18(24)23-7-2-3-8-23/h4-6,9-10,22H,2-3,7-8H2,1H3. The number of benzene rings is 1. The van der Waals surface area contributed by atoms with Crippen LogP contribution in [0.4, 0.5) is 5.69 Å². The molecule has 11 heteroatoms. The molecule has 1 saturated heterocycles. The maximum absolute atomic E-state index is 12.8. The Hall–Kier alpha value is -2.43. The molecule has 1 amide bonds. The largest absolute Gasteiger partial charge is 0.334 e. The number of hydrogen-bond acceptors (Lipinski definition) is 7. The molecule has 152 valence electrons. The highest BCUT2D eigenvalue weighted by molar-refractivity contribution is 7.93. The summed E-state index contributed by atoms with van der Waals surface area (Å²) in [5.74, 6) is -0.204. The molecule has 1 N–H and O–H groups in total. The van der Waals surface area contributed by atoms with Crippen LogP contribution < -0.4 is 4.72 Å². The molecule has 0 saturated carbocycles. The summed E-state index contributed by atoms with van der Waals surface area (Å²) in [4.78, 5) is 19.4. The molecule has 2 aromatic heterocycles. The third kappa shape index (κ3) is 4.14. The Morgan fingerprint density at radius 1 is 1.28 bits per heavy atom. The van der Waals surface area contributed by atoms with E-state index in [2.05, 4.69) is 14.9 Å². The van der Waals surface area contributed by atoms with Crippen molar-refractivity contribution in [3.05, 3.63) is 46.1 Å². The van der Waals surface area contributed by atoms with Gasteiger partial charge in [-0.05, 0) is 44.0 Å². The summed E-state index contributed by atoms with van der Waals surface area (Å²) in [6.45, 7) is 3.04. The van der Waals surface area contributed by atoms with E-state index in [1.807, 2.05) is 0 Å². The van der Waals surface area contributed by atoms with Crippen LogP contribution in [-0.2, 0) is 10.0 Å². The average Bonchev–Trinajstić information content (AvgIpc) is 3.41. The number of likely N-dealkylation sites (tertiary alicyclic amines) is 1. The third-order valence-electron chi connectivity index (χ3n) is 4.46. The predicted molar refractivity (Wildman–Crippen MR) is 110 cm³/mol. The fourth-order valence-corrected chi connectivity index (χ4v) is 5.83. The molecule has 0 bridgehead atoms. The maximum Gasteiger partial charge on any atom is 0.316 e. The minimum atomic E-state index is -3.83. The zero-order valence-corrected chi connectivity index (χ0v) is 17.8. The Morgan fingerprint density at radius 3 is 2.76 bits per heavy atom. The number of hydrogen-bond donors (Lipinski definition) is 1. The van der Waals surface area contributed by atoms with Crippen molar-refractivity contribution in [2.75, 3.05) is 17.8 Å². The fraction of sp³-hybridized carbons (Fsp3) is 0.278. The number of halogens is 1. The Balaban J connectivity index is 1.58. The summed E-state index contributed by atoms with van der Waals surface area (Å²) in [5, 5.41) is 4.28. The van der Waals surface area contributed by atoms with Gasteiger partial charge in [0.05, 0.1) is 10.6 Å². The number of rotatable bonds is 5. The second-order valence-electron chi connectivity index (χ2n) is 6.57. The number of aromatic nitrogens is 2. The first-order valence-corrected chi connectivity index (χ1v) is 11.5. The molecule has 0 radical (unpaired) electrons. The Kier molecular flexibility index (Phi) is 5.32. The molecule has 0 atom stereocenters. The van der Waals surface area contributed by atoms with Crippen LogP contribution in [0.1, 0.15) is 28.4 Å². The van der Waals surface area contributed by atoms with Crippen LogP contribution in [0.15, 0.2) is 39.8 Å². The van der Waals surface area contributed by atoms with Gasteiger partial charge in [-0.15, -0.1) is 11.3 Å². The van der Waals surface area contributed by atoms with Crippen LogP contribution in [-0.4, -0.2) is 42.5 Å². The van der Waals surface area contributed by atoms with Crippen molar-refractivity contribution in [3.63, 3.8) is 0 Å². The van der Waals surface area contributed by atoms with Crippen molar-refractivity contribution in [1.82, 2.24) is 15.0 Å². The highest BCUT2D eigenvalue weighted by Gasteiger charge is 2.27. The molecule has 3 aromatic rings. The van der Waals surface area contributed by atoms with Gasteiger partial charge >= 0.3 is 11.8 Å². The molecule has 1 aliphatic rings. The zero-order chi connectivity index (χ0) is 20.6. The monoisotopic (exact) mass is 452 g/mol. The predicted octanol–water partition coefficient (Wildman–Crippen LogP) is 3.80. The van der Waals surface area contributed by atoms with Crippen LogP contribution in [0.5, 0.6) is 0 Å². The Bertz CT molecular complexity index is 1170. The smallest absolute Gasteiger partial charge is 0.316 e. The number of thiophene rings is 1. The Labute approximate surface area is 176 Å². The number of nitrogens with zero attached hydrogens (tertiary/aromatic N) is 3. The van der Waals surface area contributed by atoms with Crippen LogP contribution in [0.2, 0.25) is 5.02 Å². The minimum Gasteiger partial charge on any atom is -0.334 e. The number of carbonyl (C=O) groups is 1. The lowest BCUT2D eigenvalue weighted by molar-refractivity contribution is 0.0743. The normalized spacial score (nSPS) is 14.3. The average molecular weight is 453 g/mol. The first-order chi connectivity index (χ1) is 13.8. The second kappa shape index (κ2) is 7.77. The number of sulfonamides is 1. The van der Waals surface area contributed by atoms with Gasteiger partial charge in [0.2, 0.25) is 5.82 Å². The van der Waals surface area contributed by atoms with E-state index in [0.717, 1.165) is 12.8 Å². The molecule has 29 heavy (non-hydrogen) atoms. The van der Waals surface area contributed by atoms with E-state index in [1.165, 1.54) is 23.5 Å². The van der Waals surface area contributed by atoms with Crippen molar-refractivity contribution in [3.8, 4) is 10.7 Å². The van der Waals surface area contributed by atoms with Crippen LogP contribution in [0.3, 0.4) is 0 Å². The van der Waals surface area contributed by atoms with Crippen molar-refractivity contribution in [2.24, 2.45) is 0 Å². The van der Waals surface area contributed by atoms with E-state index in [0.29, 0.717) is 33.6 Å². The fourth-order valence-electron chi connectivity index (χ4n) is 3.07. The summed E-state index contributed by atoms with van der Waals surface area (Å²) >= 11 is 7.13. The Morgan fingerprint density at radius 2 is 2.03 bits per heavy atom. The highest BCUT2D eigenvalue weighted by atomic mass is 35.5. The zero-order valence-electron chi connectivity index (χ0n) is 15.4. The SMILES string of the molecule is Cc1sc(-c2noc(C(=O)N3CCCC3)n2)cc1S(=O)(=O)Nc1cccc(Cl)c1. The minimum absolute atomic E-state index is 0.0885. The van der Waals surface area contributed by atoms with Gasteiger partial charge in [-0.2, -0.15) is 4.98 Å². The molecular weight excluding hydrogens is 436 g/mol. The van der Waals surface area contributed by atoms with Gasteiger partial charge in [-0.1, -0.05) is 22.8 Å². The lowest BCUT2D eigenvalue weighted by atomic mass is 10.3. The van der Waals surface area contributed by atoms with Gasteiger partial charge in [0, 0.05) is 23.0 Å². The van der Waals surface area contributed by atoms with Crippen LogP contribution >= 0.6 is 22.9 Å². The van der Waals surface area contributed by atoms with Gasteiger partial charge in [-0.25, -0.2) is 8.42 Å². The molecule has 8 nitrogen and oxygen atoms in total. The van der Waals surface area contributed by atoms with Gasteiger partial charge in [0.25, 0.3) is 10.0 Å². The second-order valence-corrected chi connectivity index (χ2v) is 9.91. The molecule has 1 aliphatic heterocycles. The topological polar surface area (TPSA) is 105 Å². The summed E-state index contributed by atoms with van der Waals surface area (Å²) in [7, 11) is -3.83. The molecule has 0 unspecified atom stereocenters. The van der Waals surface area contributed by atoms with Gasteiger partial charge in [0.1, 0.15) is 4.90 Å². The lowest BCUT2D eigenvalue weighted by Crippen LogP contribution is -2.27. The molecule has 0 aliphatic carbocycles. The van der Waals surface area contributed by atoms with E-state index in [9.17, 15) is 13.2 Å². The summed E-state index contributed by atoms with van der Waals surface area (Å²) < 4.78 is 33.2. The number of amides is 1. The molecule has 1 aromatic carbocycles. The van der Waals surface area contributed by atoms with E-state index >= 15 is 0 Å².